The van der Waals surface area contributed by atoms with Crippen molar-refractivity contribution in [2.24, 2.45) is 0 Å². The first kappa shape index (κ1) is 27.0. The molecule has 7 nitrogen and oxygen atoms in total. The van der Waals surface area contributed by atoms with Crippen molar-refractivity contribution in [1.82, 2.24) is 10.2 Å². The molecule has 0 fully saturated rings. The molecule has 0 bridgehead atoms. The fourth-order valence-electron chi connectivity index (χ4n) is 3.14. The van der Waals surface area contributed by atoms with Crippen LogP contribution in [0.15, 0.2) is 42.5 Å². The predicted molar refractivity (Wildman–Crippen MR) is 133 cm³/mol. The van der Waals surface area contributed by atoms with Gasteiger partial charge >= 0.3 is 0 Å². The van der Waals surface area contributed by atoms with Crippen molar-refractivity contribution in [3.63, 3.8) is 0 Å². The van der Waals surface area contributed by atoms with Gasteiger partial charge in [-0.15, -0.1) is 0 Å². The van der Waals surface area contributed by atoms with Gasteiger partial charge in [0.1, 0.15) is 12.6 Å². The predicted octanol–water partition coefficient (Wildman–Crippen LogP) is 4.01. The van der Waals surface area contributed by atoms with E-state index in [1.54, 1.807) is 49.4 Å². The third-order valence-electron chi connectivity index (χ3n) is 5.07. The zero-order valence-corrected chi connectivity index (χ0v) is 21.5. The number of sulfonamides is 1. The molecule has 0 aromatic heterocycles. The SMILES string of the molecule is CCCNC(=O)[C@@H](C)N(Cc1ccc(Cl)cc1Cl)C(=O)CN(c1ccc(C)cc1)S(C)(=O)=O. The van der Waals surface area contributed by atoms with Crippen LogP contribution in [0.5, 0.6) is 0 Å². The summed E-state index contributed by atoms with van der Waals surface area (Å²) in [5.74, 6) is -0.873. The van der Waals surface area contributed by atoms with E-state index in [0.717, 1.165) is 22.5 Å². The van der Waals surface area contributed by atoms with Crippen LogP contribution in [0.2, 0.25) is 10.0 Å². The number of anilines is 1. The first-order chi connectivity index (χ1) is 15.4. The Morgan fingerprint density at radius 3 is 2.27 bits per heavy atom. The highest BCUT2D eigenvalue weighted by Gasteiger charge is 2.30. The Kier molecular flexibility index (Phi) is 9.57. The fraction of sp³-hybridized carbons (Fsp3) is 0.391. The minimum Gasteiger partial charge on any atom is -0.354 e. The summed E-state index contributed by atoms with van der Waals surface area (Å²) in [5.41, 5.74) is 1.91. The monoisotopic (exact) mass is 513 g/mol. The summed E-state index contributed by atoms with van der Waals surface area (Å²) in [4.78, 5) is 27.4. The van der Waals surface area contributed by atoms with E-state index in [2.05, 4.69) is 5.32 Å². The van der Waals surface area contributed by atoms with E-state index in [0.29, 0.717) is 27.8 Å². The second-order valence-electron chi connectivity index (χ2n) is 7.83. The smallest absolute Gasteiger partial charge is 0.244 e. The minimum absolute atomic E-state index is 0.0149. The molecule has 33 heavy (non-hydrogen) atoms. The maximum Gasteiger partial charge on any atom is 0.244 e. The zero-order chi connectivity index (χ0) is 24.8. The number of carbonyl (C=O) groups excluding carboxylic acids is 2. The van der Waals surface area contributed by atoms with E-state index in [4.69, 9.17) is 23.2 Å². The molecule has 0 spiro atoms. The number of halogens is 2. The largest absolute Gasteiger partial charge is 0.354 e. The highest BCUT2D eigenvalue weighted by Crippen LogP contribution is 2.24. The molecule has 0 saturated heterocycles. The first-order valence-corrected chi connectivity index (χ1v) is 13.1. The number of nitrogens with zero attached hydrogens (tertiary/aromatic N) is 2. The summed E-state index contributed by atoms with van der Waals surface area (Å²) < 4.78 is 26.0. The molecule has 0 unspecified atom stereocenters. The van der Waals surface area contributed by atoms with Crippen LogP contribution in [-0.2, 0) is 26.2 Å². The van der Waals surface area contributed by atoms with Crippen molar-refractivity contribution >= 4 is 50.7 Å². The van der Waals surface area contributed by atoms with Crippen molar-refractivity contribution in [2.45, 2.75) is 39.8 Å². The quantitative estimate of drug-likeness (QED) is 0.519. The molecule has 2 rings (SSSR count). The van der Waals surface area contributed by atoms with Crippen molar-refractivity contribution in [3.8, 4) is 0 Å². The van der Waals surface area contributed by atoms with Gasteiger partial charge in [0.15, 0.2) is 0 Å². The van der Waals surface area contributed by atoms with Crippen LogP contribution in [0.4, 0.5) is 5.69 Å². The van der Waals surface area contributed by atoms with Gasteiger partial charge in [-0.25, -0.2) is 8.42 Å². The lowest BCUT2D eigenvalue weighted by molar-refractivity contribution is -0.139. The average Bonchev–Trinajstić information content (AvgIpc) is 2.74. The summed E-state index contributed by atoms with van der Waals surface area (Å²) >= 11 is 12.3. The van der Waals surface area contributed by atoms with Gasteiger partial charge in [-0.05, 0) is 50.1 Å². The molecule has 10 heteroatoms. The molecular formula is C23H29Cl2N3O4S. The normalized spacial score (nSPS) is 12.2. The van der Waals surface area contributed by atoms with E-state index in [1.807, 2.05) is 13.8 Å². The number of aryl methyl sites for hydroxylation is 1. The minimum atomic E-state index is -3.76. The molecule has 0 heterocycles. The maximum absolute atomic E-state index is 13.4. The first-order valence-electron chi connectivity index (χ1n) is 10.5. The van der Waals surface area contributed by atoms with Gasteiger partial charge in [0, 0.05) is 23.1 Å². The summed E-state index contributed by atoms with van der Waals surface area (Å²) in [5, 5.41) is 3.57. The summed E-state index contributed by atoms with van der Waals surface area (Å²) in [7, 11) is -3.76. The van der Waals surface area contributed by atoms with E-state index < -0.39 is 28.5 Å². The molecule has 0 aliphatic carbocycles. The molecule has 0 aliphatic heterocycles. The third-order valence-corrected chi connectivity index (χ3v) is 6.80. The number of benzene rings is 2. The number of hydrogen-bond acceptors (Lipinski definition) is 4. The highest BCUT2D eigenvalue weighted by atomic mass is 35.5. The van der Waals surface area contributed by atoms with Gasteiger partial charge in [0.05, 0.1) is 11.9 Å². The van der Waals surface area contributed by atoms with Gasteiger partial charge in [0.25, 0.3) is 0 Å². The van der Waals surface area contributed by atoms with E-state index in [-0.39, 0.29) is 12.5 Å². The van der Waals surface area contributed by atoms with Gasteiger partial charge < -0.3 is 10.2 Å². The molecule has 0 saturated carbocycles. The summed E-state index contributed by atoms with van der Waals surface area (Å²) in [6.45, 7) is 5.43. The third kappa shape index (κ3) is 7.62. The molecule has 2 aromatic carbocycles. The molecule has 180 valence electrons. The number of hydrogen-bond donors (Lipinski definition) is 1. The Morgan fingerprint density at radius 1 is 1.09 bits per heavy atom. The zero-order valence-electron chi connectivity index (χ0n) is 19.1. The number of nitrogens with one attached hydrogen (secondary N) is 1. The summed E-state index contributed by atoms with van der Waals surface area (Å²) in [6.07, 6.45) is 1.78. The van der Waals surface area contributed by atoms with Gasteiger partial charge in [-0.1, -0.05) is 53.9 Å². The number of carbonyl (C=O) groups is 2. The molecule has 2 aromatic rings. The highest BCUT2D eigenvalue weighted by molar-refractivity contribution is 7.92. The lowest BCUT2D eigenvalue weighted by Gasteiger charge is -2.31. The molecular weight excluding hydrogens is 485 g/mol. The van der Waals surface area contributed by atoms with Gasteiger partial charge in [0.2, 0.25) is 21.8 Å². The maximum atomic E-state index is 13.4. The van der Waals surface area contributed by atoms with Crippen LogP contribution in [0, 0.1) is 6.92 Å². The lowest BCUT2D eigenvalue weighted by atomic mass is 10.1. The van der Waals surface area contributed by atoms with E-state index in [9.17, 15) is 18.0 Å². The van der Waals surface area contributed by atoms with Crippen LogP contribution in [0.3, 0.4) is 0 Å². The summed E-state index contributed by atoms with van der Waals surface area (Å²) in [6, 6.07) is 10.8. The second kappa shape index (κ2) is 11.7. The Hall–Kier alpha value is -2.29. The van der Waals surface area contributed by atoms with Crippen molar-refractivity contribution in [2.75, 3.05) is 23.7 Å². The van der Waals surface area contributed by atoms with E-state index in [1.165, 1.54) is 4.90 Å². The fourth-order valence-corrected chi connectivity index (χ4v) is 4.45. The lowest BCUT2D eigenvalue weighted by Crippen LogP contribution is -2.51. The van der Waals surface area contributed by atoms with Crippen molar-refractivity contribution in [1.29, 1.82) is 0 Å². The standard InChI is InChI=1S/C23H29Cl2N3O4S/c1-5-12-26-23(30)17(3)27(14-18-8-9-19(24)13-21(18)25)22(29)15-28(33(4,31)32)20-10-6-16(2)7-11-20/h6-11,13,17H,5,12,14-15H2,1-4H3,(H,26,30)/t17-/m1/s1. The second-order valence-corrected chi connectivity index (χ2v) is 10.6. The van der Waals surface area contributed by atoms with Crippen LogP contribution < -0.4 is 9.62 Å². The molecule has 0 aliphatic rings. The molecule has 0 radical (unpaired) electrons. The average molecular weight is 514 g/mol. The number of rotatable bonds is 10. The Balaban J connectivity index is 2.39. The van der Waals surface area contributed by atoms with Gasteiger partial charge in [-0.3, -0.25) is 13.9 Å². The Labute approximate surface area is 205 Å². The van der Waals surface area contributed by atoms with Crippen LogP contribution in [0.25, 0.3) is 0 Å². The molecule has 2 amide bonds. The van der Waals surface area contributed by atoms with Gasteiger partial charge in [-0.2, -0.15) is 0 Å². The Bertz CT molecular complexity index is 1090. The Morgan fingerprint density at radius 2 is 1.73 bits per heavy atom. The molecule has 1 atom stereocenters. The topological polar surface area (TPSA) is 86.8 Å². The van der Waals surface area contributed by atoms with Crippen LogP contribution in [0.1, 0.15) is 31.4 Å². The van der Waals surface area contributed by atoms with Crippen LogP contribution >= 0.6 is 23.2 Å². The van der Waals surface area contributed by atoms with Crippen molar-refractivity contribution in [3.05, 3.63) is 63.6 Å². The van der Waals surface area contributed by atoms with Crippen LogP contribution in [-0.4, -0.2) is 50.5 Å². The molecule has 1 N–H and O–H groups in total. The van der Waals surface area contributed by atoms with Crippen molar-refractivity contribution < 1.29 is 18.0 Å². The van der Waals surface area contributed by atoms with E-state index >= 15 is 0 Å². The number of amides is 2.